The SMILES string of the molecule is CC(=O)C(O)[C@H]1OC(Oc2n[nH]c(C(C)C)c2Cc2ccc(OCC(C)(C)C(=O)OCc3ccccc3)cc2)[C@@](O)(C(C)=O)[C@](O)(C(C)=O)[C@@]1(O)C(C)=O. The van der Waals surface area contributed by atoms with E-state index in [1.165, 1.54) is 0 Å². The van der Waals surface area contributed by atoms with Gasteiger partial charge in [0.25, 0.3) is 0 Å². The molecule has 1 saturated heterocycles. The Morgan fingerprint density at radius 3 is 1.98 bits per heavy atom. The largest absolute Gasteiger partial charge is 0.492 e. The van der Waals surface area contributed by atoms with Crippen molar-refractivity contribution in [3.05, 3.63) is 77.0 Å². The summed E-state index contributed by atoms with van der Waals surface area (Å²) in [6.45, 7) is 10.4. The lowest BCUT2D eigenvalue weighted by Gasteiger charge is -2.57. The van der Waals surface area contributed by atoms with Crippen molar-refractivity contribution in [2.24, 2.45) is 5.41 Å². The Bertz CT molecular complexity index is 1870. The molecule has 0 amide bonds. The smallest absolute Gasteiger partial charge is 0.315 e. The van der Waals surface area contributed by atoms with Gasteiger partial charge in [-0.1, -0.05) is 56.3 Å². The highest BCUT2D eigenvalue weighted by molar-refractivity contribution is 6.05. The second kappa shape index (κ2) is 15.9. The van der Waals surface area contributed by atoms with Crippen LogP contribution in [0.5, 0.6) is 11.6 Å². The van der Waals surface area contributed by atoms with Gasteiger partial charge in [0.15, 0.2) is 28.7 Å². The van der Waals surface area contributed by atoms with Gasteiger partial charge in [-0.3, -0.25) is 29.1 Å². The average Bonchev–Trinajstić information content (AvgIpc) is 3.51. The maximum atomic E-state index is 13.2. The number of aliphatic hydroxyl groups excluding tert-OH is 1. The predicted molar refractivity (Wildman–Crippen MR) is 190 cm³/mol. The molecule has 4 rings (SSSR count). The molecule has 2 heterocycles. The summed E-state index contributed by atoms with van der Waals surface area (Å²) in [6.07, 6.45) is -6.94. The van der Waals surface area contributed by atoms with Gasteiger partial charge in [0.2, 0.25) is 23.4 Å². The fourth-order valence-corrected chi connectivity index (χ4v) is 6.40. The predicted octanol–water partition coefficient (Wildman–Crippen LogP) is 2.29. The number of nitrogens with zero attached hydrogens (tertiary/aromatic N) is 1. The van der Waals surface area contributed by atoms with Crippen LogP contribution in [0.3, 0.4) is 0 Å². The van der Waals surface area contributed by atoms with Gasteiger partial charge in [-0.2, -0.15) is 0 Å². The minimum absolute atomic E-state index is 0.0301. The molecule has 0 radical (unpaired) electrons. The van der Waals surface area contributed by atoms with E-state index in [0.717, 1.165) is 26.3 Å². The molecule has 292 valence electrons. The number of aliphatic hydroxyl groups is 4. The number of esters is 1. The molecule has 54 heavy (non-hydrogen) atoms. The fraction of sp³-hybridized carbons (Fsp3) is 0.487. The van der Waals surface area contributed by atoms with E-state index in [4.69, 9.17) is 18.9 Å². The first kappa shape index (κ1) is 41.9. The number of Topliss-reactive ketones (excluding diaryl/α,β-unsaturated/α-hetero) is 4. The van der Waals surface area contributed by atoms with E-state index in [0.29, 0.717) is 29.5 Å². The number of rotatable bonds is 16. The second-order valence-corrected chi connectivity index (χ2v) is 14.6. The van der Waals surface area contributed by atoms with Crippen molar-refractivity contribution in [3.8, 4) is 11.6 Å². The van der Waals surface area contributed by atoms with E-state index < -0.39 is 69.8 Å². The molecule has 15 nitrogen and oxygen atoms in total. The fourth-order valence-electron chi connectivity index (χ4n) is 6.40. The molecule has 0 spiro atoms. The topological polar surface area (TPSA) is 232 Å². The van der Waals surface area contributed by atoms with Gasteiger partial charge >= 0.3 is 5.97 Å². The highest BCUT2D eigenvalue weighted by Crippen LogP contribution is 2.48. The second-order valence-electron chi connectivity index (χ2n) is 14.6. The summed E-state index contributed by atoms with van der Waals surface area (Å²) in [4.78, 5) is 64.4. The summed E-state index contributed by atoms with van der Waals surface area (Å²) in [5, 5.41) is 53.2. The summed E-state index contributed by atoms with van der Waals surface area (Å²) >= 11 is 0. The van der Waals surface area contributed by atoms with E-state index in [9.17, 15) is 44.4 Å². The Labute approximate surface area is 312 Å². The van der Waals surface area contributed by atoms with E-state index >= 15 is 0 Å². The zero-order valence-corrected chi connectivity index (χ0v) is 31.5. The summed E-state index contributed by atoms with van der Waals surface area (Å²) < 4.78 is 23.0. The van der Waals surface area contributed by atoms with Crippen LogP contribution in [0.25, 0.3) is 0 Å². The molecule has 1 aromatic heterocycles. The first-order valence-corrected chi connectivity index (χ1v) is 17.3. The van der Waals surface area contributed by atoms with Gasteiger partial charge in [-0.15, -0.1) is 5.10 Å². The zero-order valence-electron chi connectivity index (χ0n) is 31.5. The van der Waals surface area contributed by atoms with Crippen LogP contribution < -0.4 is 9.47 Å². The molecule has 0 saturated carbocycles. The van der Waals surface area contributed by atoms with Crippen LogP contribution in [0, 0.1) is 5.41 Å². The van der Waals surface area contributed by atoms with Gasteiger partial charge in [0, 0.05) is 17.7 Å². The van der Waals surface area contributed by atoms with E-state index in [2.05, 4.69) is 10.2 Å². The summed E-state index contributed by atoms with van der Waals surface area (Å²) in [5.41, 5.74) is -9.03. The number of carbonyl (C=O) groups is 5. The van der Waals surface area contributed by atoms with Crippen LogP contribution in [0.4, 0.5) is 0 Å². The minimum atomic E-state index is -3.66. The number of ketones is 4. The summed E-state index contributed by atoms with van der Waals surface area (Å²) in [5.74, 6) is -5.60. The number of carbonyl (C=O) groups excluding carboxylic acids is 5. The monoisotopic (exact) mass is 752 g/mol. The van der Waals surface area contributed by atoms with Crippen molar-refractivity contribution >= 4 is 29.1 Å². The number of benzene rings is 2. The van der Waals surface area contributed by atoms with Crippen LogP contribution in [-0.4, -0.2) is 102 Å². The number of aromatic amines is 1. The van der Waals surface area contributed by atoms with Gasteiger partial charge in [0.1, 0.15) is 31.2 Å². The Kier molecular flexibility index (Phi) is 12.3. The molecule has 6 atom stereocenters. The summed E-state index contributed by atoms with van der Waals surface area (Å²) in [7, 11) is 0. The van der Waals surface area contributed by atoms with Crippen LogP contribution in [0.15, 0.2) is 54.6 Å². The highest BCUT2D eigenvalue weighted by Gasteiger charge is 2.80. The molecule has 2 unspecified atom stereocenters. The van der Waals surface area contributed by atoms with Crippen molar-refractivity contribution in [1.82, 2.24) is 10.2 Å². The van der Waals surface area contributed by atoms with Gasteiger partial charge in [0.05, 0.1) is 5.41 Å². The normalized spacial score (nSPS) is 24.8. The quantitative estimate of drug-likeness (QED) is 0.132. The molecule has 5 N–H and O–H groups in total. The molecule has 1 aliphatic rings. The first-order valence-electron chi connectivity index (χ1n) is 17.3. The van der Waals surface area contributed by atoms with E-state index in [1.54, 1.807) is 38.1 Å². The molecule has 15 heteroatoms. The molecule has 1 aliphatic heterocycles. The lowest BCUT2D eigenvalue weighted by Crippen LogP contribution is -2.87. The molecule has 0 bridgehead atoms. The van der Waals surface area contributed by atoms with Crippen LogP contribution in [0.2, 0.25) is 0 Å². The Morgan fingerprint density at radius 1 is 0.870 bits per heavy atom. The third-order valence-electron chi connectivity index (χ3n) is 9.74. The molecular formula is C39H48N2O13. The van der Waals surface area contributed by atoms with Crippen LogP contribution in [-0.2, 0) is 46.5 Å². The number of ether oxygens (including phenoxy) is 4. The lowest BCUT2D eigenvalue weighted by molar-refractivity contribution is -0.358. The number of hydrogen-bond donors (Lipinski definition) is 5. The summed E-state index contributed by atoms with van der Waals surface area (Å²) in [6, 6.07) is 16.2. The average molecular weight is 753 g/mol. The van der Waals surface area contributed by atoms with Crippen molar-refractivity contribution in [1.29, 1.82) is 0 Å². The maximum absolute atomic E-state index is 13.2. The van der Waals surface area contributed by atoms with Crippen LogP contribution in [0.1, 0.15) is 83.7 Å². The van der Waals surface area contributed by atoms with Gasteiger partial charge in [-0.25, -0.2) is 0 Å². The molecule has 3 aromatic rings. The van der Waals surface area contributed by atoms with Crippen molar-refractivity contribution in [3.63, 3.8) is 0 Å². The van der Waals surface area contributed by atoms with Crippen molar-refractivity contribution < 1.29 is 63.3 Å². The molecular weight excluding hydrogens is 704 g/mol. The van der Waals surface area contributed by atoms with Crippen LogP contribution >= 0.6 is 0 Å². The van der Waals surface area contributed by atoms with E-state index in [-0.39, 0.29) is 31.4 Å². The molecule has 0 aliphatic carbocycles. The third kappa shape index (κ3) is 7.59. The lowest BCUT2D eigenvalue weighted by atomic mass is 9.60. The third-order valence-corrected chi connectivity index (χ3v) is 9.74. The Balaban J connectivity index is 1.62. The van der Waals surface area contributed by atoms with E-state index in [1.807, 2.05) is 44.2 Å². The number of H-pyrrole nitrogens is 1. The Morgan fingerprint density at radius 2 is 1.46 bits per heavy atom. The highest BCUT2D eigenvalue weighted by atomic mass is 16.7. The zero-order chi connectivity index (χ0) is 40.4. The van der Waals surface area contributed by atoms with Gasteiger partial charge in [-0.05, 0) is 70.7 Å². The Hall–Kier alpha value is -4.80. The maximum Gasteiger partial charge on any atom is 0.315 e. The van der Waals surface area contributed by atoms with Crippen molar-refractivity contribution in [2.75, 3.05) is 6.61 Å². The molecule has 2 aromatic carbocycles. The first-order chi connectivity index (χ1) is 25.1. The molecule has 1 fully saturated rings. The minimum Gasteiger partial charge on any atom is -0.492 e. The number of nitrogens with one attached hydrogen (secondary N) is 1. The number of hydrogen-bond acceptors (Lipinski definition) is 14. The number of aromatic nitrogens is 2. The van der Waals surface area contributed by atoms with Crippen molar-refractivity contribution in [2.45, 2.75) is 110 Å². The van der Waals surface area contributed by atoms with Gasteiger partial charge < -0.3 is 39.4 Å². The standard InChI is InChI=1S/C39H48N2O13/c1-21(2)30-29(18-26-14-16-28(17-15-26)52-20-36(7,8)34(47)51-19-27-12-10-9-11-13-27)33(41-40-30)54-35-38(49,24(5)44)39(50,25(6)45)37(48,23(4)43)32(53-35)31(46)22(3)42/h9-17,21,31-32,35,46,48-50H,18-20H2,1-8H3,(H,40,41)/t31?,32-,35?,37-,38+,39+/m1/s1.